The summed E-state index contributed by atoms with van der Waals surface area (Å²) in [5.41, 5.74) is 2.04. The van der Waals surface area contributed by atoms with E-state index in [-0.39, 0.29) is 17.3 Å². The maximum atomic E-state index is 12.8. The summed E-state index contributed by atoms with van der Waals surface area (Å²) in [7, 11) is 2.07. The Bertz CT molecular complexity index is 911. The van der Waals surface area contributed by atoms with Crippen LogP contribution in [0.25, 0.3) is 0 Å². The van der Waals surface area contributed by atoms with Crippen LogP contribution in [-0.4, -0.2) is 66.9 Å². The van der Waals surface area contributed by atoms with Crippen LogP contribution in [0.1, 0.15) is 42.2 Å². The normalized spacial score (nSPS) is 17.7. The molecule has 4 rings (SSSR count). The number of hydrogen-bond acceptors (Lipinski definition) is 5. The van der Waals surface area contributed by atoms with Crippen LogP contribution >= 0.6 is 0 Å². The first-order valence-electron chi connectivity index (χ1n) is 8.81. The van der Waals surface area contributed by atoms with Crippen LogP contribution in [0.4, 0.5) is 0 Å². The Hall–Kier alpha value is -2.63. The first-order valence-corrected chi connectivity index (χ1v) is 8.81. The zero-order valence-corrected chi connectivity index (χ0v) is 14.7. The summed E-state index contributed by atoms with van der Waals surface area (Å²) in [4.78, 5) is 42.4. The lowest BCUT2D eigenvalue weighted by Crippen LogP contribution is -2.46. The Morgan fingerprint density at radius 3 is 2.08 bits per heavy atom. The predicted octanol–water partition coefficient (Wildman–Crippen LogP) is 1.89. The Morgan fingerprint density at radius 1 is 0.846 bits per heavy atom. The van der Waals surface area contributed by atoms with Crippen LogP contribution in [0.15, 0.2) is 42.5 Å². The topological polar surface area (TPSA) is 57.7 Å². The lowest BCUT2D eigenvalue weighted by Gasteiger charge is -2.31. The third-order valence-corrected chi connectivity index (χ3v) is 5.21. The molecular weight excluding hydrogens is 328 g/mol. The van der Waals surface area contributed by atoms with E-state index in [2.05, 4.69) is 16.8 Å². The molecule has 1 saturated heterocycles. The van der Waals surface area contributed by atoms with E-state index in [9.17, 15) is 14.4 Å². The summed E-state index contributed by atoms with van der Waals surface area (Å²) in [6, 6.07) is 11.7. The number of ketones is 3. The molecule has 0 N–H and O–H groups in total. The van der Waals surface area contributed by atoms with Gasteiger partial charge in [0.2, 0.25) is 0 Å². The predicted molar refractivity (Wildman–Crippen MR) is 98.0 cm³/mol. The molecule has 1 heterocycles. The van der Waals surface area contributed by atoms with Gasteiger partial charge < -0.3 is 4.90 Å². The van der Waals surface area contributed by atoms with Crippen molar-refractivity contribution in [2.24, 2.45) is 0 Å². The van der Waals surface area contributed by atoms with Crippen LogP contribution in [0.2, 0.25) is 0 Å². The fraction of sp³-hybridized carbons (Fsp3) is 0.286. The Kier molecular flexibility index (Phi) is 4.26. The maximum Gasteiger partial charge on any atom is 0.194 e. The summed E-state index contributed by atoms with van der Waals surface area (Å²) in [6.45, 7) is 3.95. The molecule has 132 valence electrons. The van der Waals surface area contributed by atoms with Crippen molar-refractivity contribution in [2.45, 2.75) is 0 Å². The van der Waals surface area contributed by atoms with Gasteiger partial charge in [0.1, 0.15) is 0 Å². The molecule has 1 fully saturated rings. The number of piperazine rings is 1. The van der Waals surface area contributed by atoms with Gasteiger partial charge in [-0.3, -0.25) is 19.3 Å². The second-order valence-electron chi connectivity index (χ2n) is 6.97. The van der Waals surface area contributed by atoms with Gasteiger partial charge in [-0.1, -0.05) is 30.3 Å². The molecule has 0 unspecified atom stereocenters. The number of hydrogen-bond donors (Lipinski definition) is 0. The summed E-state index contributed by atoms with van der Waals surface area (Å²) < 4.78 is 0. The smallest absolute Gasteiger partial charge is 0.194 e. The summed E-state index contributed by atoms with van der Waals surface area (Å²) in [6.07, 6.45) is 0. The van der Waals surface area contributed by atoms with E-state index >= 15 is 0 Å². The molecule has 0 amide bonds. The standard InChI is InChI=1S/C21H20N2O3/c1-22-8-10-23(11-9-22)13-19(24)14-6-7-17-18(12-14)21(26)16-5-3-2-4-15(16)20(17)25/h2-7,12H,8-11,13H2,1H3. The summed E-state index contributed by atoms with van der Waals surface area (Å²) >= 11 is 0. The minimum atomic E-state index is -0.190. The van der Waals surface area contributed by atoms with Gasteiger partial charge in [0.15, 0.2) is 17.3 Å². The van der Waals surface area contributed by atoms with Crippen molar-refractivity contribution in [1.29, 1.82) is 0 Å². The number of Topliss-reactive ketones (excluding diaryl/α,β-unsaturated/α-hetero) is 1. The molecule has 1 aliphatic carbocycles. The second kappa shape index (κ2) is 6.59. The molecule has 0 aromatic heterocycles. The minimum Gasteiger partial charge on any atom is -0.304 e. The lowest BCUT2D eigenvalue weighted by molar-refractivity contribution is 0.0875. The van der Waals surface area contributed by atoms with E-state index in [4.69, 9.17) is 0 Å². The molecule has 26 heavy (non-hydrogen) atoms. The number of rotatable bonds is 3. The highest BCUT2D eigenvalue weighted by Gasteiger charge is 2.30. The van der Waals surface area contributed by atoms with Crippen LogP contribution in [-0.2, 0) is 0 Å². The zero-order valence-electron chi connectivity index (χ0n) is 14.7. The zero-order chi connectivity index (χ0) is 18.3. The molecule has 2 aliphatic rings. The number of carbonyl (C=O) groups excluding carboxylic acids is 3. The third kappa shape index (κ3) is 2.89. The van der Waals surface area contributed by atoms with Crippen molar-refractivity contribution in [1.82, 2.24) is 9.80 Å². The molecule has 0 saturated carbocycles. The fourth-order valence-electron chi connectivity index (χ4n) is 3.57. The van der Waals surface area contributed by atoms with Gasteiger partial charge in [-0.15, -0.1) is 0 Å². The Morgan fingerprint density at radius 2 is 1.42 bits per heavy atom. The van der Waals surface area contributed by atoms with E-state index in [1.165, 1.54) is 0 Å². The van der Waals surface area contributed by atoms with Crippen molar-refractivity contribution in [3.8, 4) is 0 Å². The molecule has 1 aliphatic heterocycles. The van der Waals surface area contributed by atoms with Crippen molar-refractivity contribution >= 4 is 17.3 Å². The van der Waals surface area contributed by atoms with E-state index in [1.807, 2.05) is 0 Å². The number of nitrogens with zero attached hydrogens (tertiary/aromatic N) is 2. The van der Waals surface area contributed by atoms with E-state index in [0.717, 1.165) is 26.2 Å². The maximum absolute atomic E-state index is 12.8. The number of likely N-dealkylation sites (N-methyl/N-ethyl adjacent to an activating group) is 1. The van der Waals surface area contributed by atoms with Gasteiger partial charge in [-0.2, -0.15) is 0 Å². The number of benzene rings is 2. The van der Waals surface area contributed by atoms with E-state index in [0.29, 0.717) is 34.4 Å². The molecule has 2 aromatic carbocycles. The SMILES string of the molecule is CN1CCN(CC(=O)c2ccc3c(c2)C(=O)c2ccccc2C3=O)CC1. The third-order valence-electron chi connectivity index (χ3n) is 5.21. The van der Waals surface area contributed by atoms with Crippen molar-refractivity contribution in [3.63, 3.8) is 0 Å². The number of fused-ring (bicyclic) bond motifs is 2. The van der Waals surface area contributed by atoms with Crippen molar-refractivity contribution in [3.05, 3.63) is 70.3 Å². The largest absolute Gasteiger partial charge is 0.304 e. The summed E-state index contributed by atoms with van der Waals surface area (Å²) in [5.74, 6) is -0.367. The Labute approximate surface area is 152 Å². The fourth-order valence-corrected chi connectivity index (χ4v) is 3.57. The minimum absolute atomic E-state index is 0.0172. The average molecular weight is 348 g/mol. The van der Waals surface area contributed by atoms with E-state index in [1.54, 1.807) is 42.5 Å². The molecule has 5 heteroatoms. The molecule has 0 spiro atoms. The molecule has 2 aromatic rings. The summed E-state index contributed by atoms with van der Waals surface area (Å²) in [5, 5.41) is 0. The highest BCUT2D eigenvalue weighted by atomic mass is 16.1. The molecule has 0 radical (unpaired) electrons. The van der Waals surface area contributed by atoms with Crippen molar-refractivity contribution in [2.75, 3.05) is 39.8 Å². The molecule has 0 bridgehead atoms. The molecule has 5 nitrogen and oxygen atoms in total. The first kappa shape index (κ1) is 16.8. The van der Waals surface area contributed by atoms with Gasteiger partial charge in [0, 0.05) is 54.0 Å². The monoisotopic (exact) mass is 348 g/mol. The van der Waals surface area contributed by atoms with Gasteiger partial charge >= 0.3 is 0 Å². The highest BCUT2D eigenvalue weighted by molar-refractivity contribution is 6.28. The quantitative estimate of drug-likeness (QED) is 0.677. The molecule has 0 atom stereocenters. The number of carbonyl (C=O) groups is 3. The van der Waals surface area contributed by atoms with Crippen LogP contribution in [0.3, 0.4) is 0 Å². The van der Waals surface area contributed by atoms with Gasteiger partial charge in [0.25, 0.3) is 0 Å². The second-order valence-corrected chi connectivity index (χ2v) is 6.97. The Balaban J connectivity index is 1.60. The van der Waals surface area contributed by atoms with Gasteiger partial charge in [0.05, 0.1) is 6.54 Å². The van der Waals surface area contributed by atoms with E-state index < -0.39 is 0 Å². The first-order chi connectivity index (χ1) is 12.5. The lowest BCUT2D eigenvalue weighted by atomic mass is 9.83. The van der Waals surface area contributed by atoms with Gasteiger partial charge in [-0.05, 0) is 19.2 Å². The van der Waals surface area contributed by atoms with Crippen LogP contribution in [0, 0.1) is 0 Å². The highest BCUT2D eigenvalue weighted by Crippen LogP contribution is 2.28. The van der Waals surface area contributed by atoms with Crippen LogP contribution in [0.5, 0.6) is 0 Å². The average Bonchev–Trinajstić information content (AvgIpc) is 2.67. The van der Waals surface area contributed by atoms with Crippen LogP contribution < -0.4 is 0 Å². The van der Waals surface area contributed by atoms with Gasteiger partial charge in [-0.25, -0.2) is 0 Å². The van der Waals surface area contributed by atoms with Crippen molar-refractivity contribution < 1.29 is 14.4 Å². The molecular formula is C21H20N2O3.